The number of carbonyl (C=O) groups excluding carboxylic acids is 3. The molecule has 34 heavy (non-hydrogen) atoms. The van der Waals surface area contributed by atoms with Gasteiger partial charge in [-0.05, 0) is 37.3 Å². The van der Waals surface area contributed by atoms with E-state index in [2.05, 4.69) is 10.1 Å². The molecule has 0 unspecified atom stereocenters. The SMILES string of the molecule is COC(=O)c1cc(C(=O)OCC(=O)Nc2ccccc2Oc2ccc(C)cc2)cc([N+](=O)[O-])c1. The number of amides is 1. The summed E-state index contributed by atoms with van der Waals surface area (Å²) in [4.78, 5) is 46.8. The number of non-ortho nitro benzene ring substituents is 1. The Morgan fingerprint density at radius 1 is 0.941 bits per heavy atom. The minimum Gasteiger partial charge on any atom is -0.465 e. The molecule has 0 radical (unpaired) electrons. The van der Waals surface area contributed by atoms with Gasteiger partial charge < -0.3 is 19.5 Å². The predicted molar refractivity (Wildman–Crippen MR) is 121 cm³/mol. The molecule has 0 aliphatic carbocycles. The molecule has 0 fully saturated rings. The van der Waals surface area contributed by atoms with Gasteiger partial charge in [0.25, 0.3) is 11.6 Å². The molecule has 10 heteroatoms. The van der Waals surface area contributed by atoms with E-state index in [1.807, 2.05) is 19.1 Å². The average molecular weight is 464 g/mol. The Morgan fingerprint density at radius 3 is 2.24 bits per heavy atom. The van der Waals surface area contributed by atoms with E-state index in [9.17, 15) is 24.5 Å². The summed E-state index contributed by atoms with van der Waals surface area (Å²) in [6, 6.07) is 17.1. The number of benzene rings is 3. The number of aryl methyl sites for hydroxylation is 1. The van der Waals surface area contributed by atoms with Gasteiger partial charge in [0, 0.05) is 12.1 Å². The first-order valence-electron chi connectivity index (χ1n) is 9.95. The van der Waals surface area contributed by atoms with Crippen LogP contribution in [0.5, 0.6) is 11.5 Å². The predicted octanol–water partition coefficient (Wildman–Crippen LogP) is 4.28. The zero-order valence-electron chi connectivity index (χ0n) is 18.3. The van der Waals surface area contributed by atoms with Crippen molar-refractivity contribution >= 4 is 29.2 Å². The normalized spacial score (nSPS) is 10.2. The van der Waals surface area contributed by atoms with Gasteiger partial charge in [0.05, 0.1) is 28.8 Å². The van der Waals surface area contributed by atoms with Gasteiger partial charge in [0.15, 0.2) is 12.4 Å². The van der Waals surface area contributed by atoms with Crippen molar-refractivity contribution in [3.05, 3.63) is 93.5 Å². The molecule has 10 nitrogen and oxygen atoms in total. The second kappa shape index (κ2) is 10.7. The highest BCUT2D eigenvalue weighted by atomic mass is 16.6. The molecule has 0 saturated heterocycles. The Bertz CT molecular complexity index is 1240. The molecule has 0 aromatic heterocycles. The third-order valence-electron chi connectivity index (χ3n) is 4.53. The fourth-order valence-corrected chi connectivity index (χ4v) is 2.86. The summed E-state index contributed by atoms with van der Waals surface area (Å²) in [5.41, 5.74) is 0.452. The van der Waals surface area contributed by atoms with Gasteiger partial charge in [0.2, 0.25) is 0 Å². The summed E-state index contributed by atoms with van der Waals surface area (Å²) in [5, 5.41) is 13.7. The number of rotatable bonds is 8. The van der Waals surface area contributed by atoms with Crippen LogP contribution in [0.1, 0.15) is 26.3 Å². The fraction of sp³-hybridized carbons (Fsp3) is 0.125. The number of para-hydroxylation sites is 2. The second-order valence-electron chi connectivity index (χ2n) is 7.05. The number of ether oxygens (including phenoxy) is 3. The first kappa shape index (κ1) is 23.9. The van der Waals surface area contributed by atoms with Crippen LogP contribution >= 0.6 is 0 Å². The van der Waals surface area contributed by atoms with E-state index >= 15 is 0 Å². The van der Waals surface area contributed by atoms with Crippen LogP contribution in [0.15, 0.2) is 66.7 Å². The van der Waals surface area contributed by atoms with Crippen LogP contribution in [0.2, 0.25) is 0 Å². The van der Waals surface area contributed by atoms with Crippen LogP contribution in [0.4, 0.5) is 11.4 Å². The number of anilines is 1. The van der Waals surface area contributed by atoms with Crippen LogP contribution in [0.25, 0.3) is 0 Å². The molecule has 1 amide bonds. The number of esters is 2. The molecule has 3 aromatic rings. The van der Waals surface area contributed by atoms with Gasteiger partial charge in [-0.1, -0.05) is 29.8 Å². The smallest absolute Gasteiger partial charge is 0.338 e. The lowest BCUT2D eigenvalue weighted by Crippen LogP contribution is -2.21. The van der Waals surface area contributed by atoms with Crippen LogP contribution in [-0.2, 0) is 14.3 Å². The highest BCUT2D eigenvalue weighted by Crippen LogP contribution is 2.29. The summed E-state index contributed by atoms with van der Waals surface area (Å²) >= 11 is 0. The Morgan fingerprint density at radius 2 is 1.59 bits per heavy atom. The molecule has 0 heterocycles. The minimum atomic E-state index is -1.02. The molecule has 1 N–H and O–H groups in total. The highest BCUT2D eigenvalue weighted by molar-refractivity contribution is 5.98. The Labute approximate surface area is 194 Å². The van der Waals surface area contributed by atoms with Crippen molar-refractivity contribution in [2.24, 2.45) is 0 Å². The molecule has 0 aliphatic rings. The van der Waals surface area contributed by atoms with Crippen LogP contribution in [0, 0.1) is 17.0 Å². The largest absolute Gasteiger partial charge is 0.465 e. The third kappa shape index (κ3) is 6.16. The van der Waals surface area contributed by atoms with E-state index in [1.165, 1.54) is 0 Å². The van der Waals surface area contributed by atoms with Gasteiger partial charge >= 0.3 is 11.9 Å². The van der Waals surface area contributed by atoms with Crippen LogP contribution in [-0.4, -0.2) is 36.5 Å². The fourth-order valence-electron chi connectivity index (χ4n) is 2.86. The molecule has 0 aliphatic heterocycles. The van der Waals surface area contributed by atoms with Crippen molar-refractivity contribution in [3.63, 3.8) is 0 Å². The third-order valence-corrected chi connectivity index (χ3v) is 4.53. The number of methoxy groups -OCH3 is 1. The highest BCUT2D eigenvalue weighted by Gasteiger charge is 2.20. The Balaban J connectivity index is 1.67. The van der Waals surface area contributed by atoms with E-state index in [4.69, 9.17) is 9.47 Å². The maximum Gasteiger partial charge on any atom is 0.338 e. The number of carbonyl (C=O) groups is 3. The van der Waals surface area contributed by atoms with E-state index in [0.717, 1.165) is 30.9 Å². The first-order valence-corrected chi connectivity index (χ1v) is 9.95. The number of nitro groups is 1. The quantitative estimate of drug-likeness (QED) is 0.297. The first-order chi connectivity index (χ1) is 16.3. The molecule has 0 spiro atoms. The van der Waals surface area contributed by atoms with Gasteiger partial charge in [-0.2, -0.15) is 0 Å². The van der Waals surface area contributed by atoms with E-state index < -0.39 is 35.1 Å². The molecule has 174 valence electrons. The van der Waals surface area contributed by atoms with Gasteiger partial charge in [-0.3, -0.25) is 14.9 Å². The van der Waals surface area contributed by atoms with Crippen LogP contribution in [0.3, 0.4) is 0 Å². The maximum atomic E-state index is 12.4. The van der Waals surface area contributed by atoms with Crippen molar-refractivity contribution in [1.29, 1.82) is 0 Å². The van der Waals surface area contributed by atoms with Crippen LogP contribution < -0.4 is 10.1 Å². The van der Waals surface area contributed by atoms with E-state index in [0.29, 0.717) is 17.2 Å². The van der Waals surface area contributed by atoms with Crippen molar-refractivity contribution in [2.75, 3.05) is 19.0 Å². The van der Waals surface area contributed by atoms with Crippen molar-refractivity contribution in [3.8, 4) is 11.5 Å². The minimum absolute atomic E-state index is 0.199. The number of hydrogen-bond donors (Lipinski definition) is 1. The number of hydrogen-bond acceptors (Lipinski definition) is 8. The lowest BCUT2D eigenvalue weighted by Gasteiger charge is -2.12. The van der Waals surface area contributed by atoms with Gasteiger partial charge in [0.1, 0.15) is 5.75 Å². The average Bonchev–Trinajstić information content (AvgIpc) is 2.84. The standard InChI is InChI=1S/C24H20N2O8/c1-15-7-9-19(10-8-15)34-21-6-4-3-5-20(21)25-22(27)14-33-24(29)17-11-16(23(28)32-2)12-18(13-17)26(30)31/h3-13H,14H2,1-2H3,(H,25,27). The molecule has 3 aromatic carbocycles. The number of nitro benzene ring substituents is 1. The molecule has 3 rings (SSSR count). The van der Waals surface area contributed by atoms with E-state index in [1.54, 1.807) is 36.4 Å². The summed E-state index contributed by atoms with van der Waals surface area (Å²) in [6.07, 6.45) is 0. The molecular formula is C24H20N2O8. The maximum absolute atomic E-state index is 12.4. The Hall–Kier alpha value is -4.73. The monoisotopic (exact) mass is 464 g/mol. The lowest BCUT2D eigenvalue weighted by atomic mass is 10.1. The van der Waals surface area contributed by atoms with Crippen molar-refractivity contribution in [2.45, 2.75) is 6.92 Å². The van der Waals surface area contributed by atoms with Crippen molar-refractivity contribution < 1.29 is 33.5 Å². The van der Waals surface area contributed by atoms with Crippen molar-refractivity contribution in [1.82, 2.24) is 0 Å². The number of nitrogens with one attached hydrogen (secondary N) is 1. The van der Waals surface area contributed by atoms with Gasteiger partial charge in [-0.15, -0.1) is 0 Å². The topological polar surface area (TPSA) is 134 Å². The lowest BCUT2D eigenvalue weighted by molar-refractivity contribution is -0.384. The molecule has 0 saturated carbocycles. The summed E-state index contributed by atoms with van der Waals surface area (Å²) in [6.45, 7) is 1.27. The second-order valence-corrected chi connectivity index (χ2v) is 7.05. The summed E-state index contributed by atoms with van der Waals surface area (Å²) in [7, 11) is 1.10. The number of nitrogens with zero attached hydrogens (tertiary/aromatic N) is 1. The van der Waals surface area contributed by atoms with E-state index in [-0.39, 0.29) is 11.1 Å². The summed E-state index contributed by atoms with van der Waals surface area (Å²) < 4.78 is 15.3. The molecule has 0 bridgehead atoms. The molecule has 0 atom stereocenters. The Kier molecular flexibility index (Phi) is 7.55. The zero-order valence-corrected chi connectivity index (χ0v) is 18.3. The van der Waals surface area contributed by atoms with Gasteiger partial charge in [-0.25, -0.2) is 9.59 Å². The summed E-state index contributed by atoms with van der Waals surface area (Å²) in [5.74, 6) is -1.58. The molecular weight excluding hydrogens is 444 g/mol. The zero-order chi connectivity index (χ0) is 24.7.